The molecular formula is C31H28FN3O. The molecule has 1 atom stereocenters. The van der Waals surface area contributed by atoms with E-state index in [-0.39, 0.29) is 11.7 Å². The van der Waals surface area contributed by atoms with Crippen molar-refractivity contribution in [2.45, 2.75) is 32.2 Å². The Balaban J connectivity index is 1.20. The van der Waals surface area contributed by atoms with Crippen molar-refractivity contribution in [1.29, 1.82) is 0 Å². The normalized spacial score (nSPS) is 18.8. The summed E-state index contributed by atoms with van der Waals surface area (Å²) < 4.78 is 16.4. The summed E-state index contributed by atoms with van der Waals surface area (Å²) in [6, 6.07) is 20.0. The lowest BCUT2D eigenvalue weighted by Crippen LogP contribution is -2.30. The van der Waals surface area contributed by atoms with Crippen LogP contribution in [0.4, 0.5) is 4.39 Å². The van der Waals surface area contributed by atoms with Gasteiger partial charge in [-0.05, 0) is 78.1 Å². The number of halogens is 1. The van der Waals surface area contributed by atoms with E-state index in [0.717, 1.165) is 67.7 Å². The minimum Gasteiger partial charge on any atom is -0.342 e. The Kier molecular flexibility index (Phi) is 5.05. The van der Waals surface area contributed by atoms with E-state index >= 15 is 0 Å². The van der Waals surface area contributed by atoms with Gasteiger partial charge in [-0.1, -0.05) is 48.6 Å². The van der Waals surface area contributed by atoms with Crippen LogP contribution < -0.4 is 0 Å². The van der Waals surface area contributed by atoms with E-state index in [2.05, 4.69) is 59.2 Å². The molecule has 3 aliphatic rings. The van der Waals surface area contributed by atoms with Gasteiger partial charge in [-0.3, -0.25) is 4.79 Å². The quantitative estimate of drug-likeness (QED) is 0.337. The molecule has 180 valence electrons. The summed E-state index contributed by atoms with van der Waals surface area (Å²) in [7, 11) is 0. The minimum absolute atomic E-state index is 0.252. The molecule has 1 aromatic heterocycles. The molecule has 1 saturated carbocycles. The molecule has 0 N–H and O–H groups in total. The number of carbonyl (C=O) groups excluding carboxylic acids is 1. The zero-order valence-corrected chi connectivity index (χ0v) is 20.2. The predicted molar refractivity (Wildman–Crippen MR) is 141 cm³/mol. The summed E-state index contributed by atoms with van der Waals surface area (Å²) in [6.07, 6.45) is 8.45. The molecule has 2 fully saturated rings. The first-order valence-electron chi connectivity index (χ1n) is 13.0. The monoisotopic (exact) mass is 477 g/mol. The summed E-state index contributed by atoms with van der Waals surface area (Å²) in [4.78, 5) is 19.5. The lowest BCUT2D eigenvalue weighted by Gasteiger charge is -2.18. The van der Waals surface area contributed by atoms with Crippen molar-refractivity contribution < 1.29 is 9.18 Å². The maximum absolute atomic E-state index is 14.2. The first kappa shape index (κ1) is 21.5. The average Bonchev–Trinajstić information content (AvgIpc) is 3.30. The molecule has 0 unspecified atom stereocenters. The second-order valence-electron chi connectivity index (χ2n) is 10.5. The third-order valence-corrected chi connectivity index (χ3v) is 7.93. The molecular weight excluding hydrogens is 449 g/mol. The van der Waals surface area contributed by atoms with Crippen LogP contribution >= 0.6 is 0 Å². The van der Waals surface area contributed by atoms with Gasteiger partial charge in [0.15, 0.2) is 0 Å². The van der Waals surface area contributed by atoms with Crippen LogP contribution in [0.1, 0.15) is 30.4 Å². The molecule has 3 aromatic carbocycles. The third kappa shape index (κ3) is 3.83. The van der Waals surface area contributed by atoms with Gasteiger partial charge in [-0.15, -0.1) is 0 Å². The number of rotatable bonds is 5. The van der Waals surface area contributed by atoms with Crippen LogP contribution in [-0.4, -0.2) is 33.4 Å². The Morgan fingerprint density at radius 2 is 1.75 bits per heavy atom. The number of likely N-dealkylation sites (tertiary alicyclic amines) is 1. The topological polar surface area (TPSA) is 38.1 Å². The Morgan fingerprint density at radius 1 is 0.944 bits per heavy atom. The number of imidazole rings is 1. The Hall–Kier alpha value is -3.73. The molecule has 4 aromatic rings. The molecule has 5 heteroatoms. The van der Waals surface area contributed by atoms with Gasteiger partial charge in [0.1, 0.15) is 11.6 Å². The first-order valence-corrected chi connectivity index (χ1v) is 13.0. The van der Waals surface area contributed by atoms with Gasteiger partial charge in [0.05, 0.1) is 11.0 Å². The molecule has 4 nitrogen and oxygen atoms in total. The fourth-order valence-electron chi connectivity index (χ4n) is 5.77. The standard InChI is InChI=1S/C31H28FN3O/c32-27-12-13-28-29(17-27)35(19-20-14-15-34(18-20)31(36)24-9-10-24)30(33-28)23-7-4-22(5-8-23)26-11-6-21-2-1-3-25(21)16-26/h1,3-8,11-13,16-17,20,24H,2,9-10,14-15,18-19H2/t20-/m1/s1. The highest BCUT2D eigenvalue weighted by Gasteiger charge is 2.36. The van der Waals surface area contributed by atoms with E-state index in [4.69, 9.17) is 4.98 Å². The molecule has 7 rings (SSSR count). The van der Waals surface area contributed by atoms with Crippen LogP contribution in [0.25, 0.3) is 39.6 Å². The van der Waals surface area contributed by atoms with E-state index in [9.17, 15) is 9.18 Å². The van der Waals surface area contributed by atoms with Crippen LogP contribution in [0.15, 0.2) is 66.7 Å². The number of allylic oxidation sites excluding steroid dienone is 1. The van der Waals surface area contributed by atoms with Crippen molar-refractivity contribution in [2.75, 3.05) is 13.1 Å². The highest BCUT2D eigenvalue weighted by atomic mass is 19.1. The van der Waals surface area contributed by atoms with Gasteiger partial charge < -0.3 is 9.47 Å². The molecule has 1 amide bonds. The molecule has 2 aliphatic carbocycles. The Bertz CT molecular complexity index is 1510. The van der Waals surface area contributed by atoms with Gasteiger partial charge in [-0.25, -0.2) is 9.37 Å². The third-order valence-electron chi connectivity index (χ3n) is 7.93. The summed E-state index contributed by atoms with van der Waals surface area (Å²) in [5, 5.41) is 0. The van der Waals surface area contributed by atoms with E-state index in [1.165, 1.54) is 28.3 Å². The molecule has 0 radical (unpaired) electrons. The molecule has 1 aliphatic heterocycles. The van der Waals surface area contributed by atoms with Gasteiger partial charge in [-0.2, -0.15) is 0 Å². The fourth-order valence-corrected chi connectivity index (χ4v) is 5.77. The largest absolute Gasteiger partial charge is 0.342 e. The zero-order valence-electron chi connectivity index (χ0n) is 20.2. The lowest BCUT2D eigenvalue weighted by molar-refractivity contribution is -0.131. The lowest BCUT2D eigenvalue weighted by atomic mass is 9.99. The second kappa shape index (κ2) is 8.44. The molecule has 36 heavy (non-hydrogen) atoms. The number of carbonyl (C=O) groups is 1. The predicted octanol–water partition coefficient (Wildman–Crippen LogP) is 6.34. The van der Waals surface area contributed by atoms with E-state index < -0.39 is 0 Å². The highest BCUT2D eigenvalue weighted by molar-refractivity contribution is 5.82. The van der Waals surface area contributed by atoms with Crippen LogP contribution in [0.5, 0.6) is 0 Å². The van der Waals surface area contributed by atoms with Crippen molar-refractivity contribution in [1.82, 2.24) is 14.5 Å². The summed E-state index contributed by atoms with van der Waals surface area (Å²) >= 11 is 0. The van der Waals surface area contributed by atoms with Crippen LogP contribution in [-0.2, 0) is 17.8 Å². The van der Waals surface area contributed by atoms with Crippen molar-refractivity contribution in [3.8, 4) is 22.5 Å². The minimum atomic E-state index is -0.256. The van der Waals surface area contributed by atoms with Crippen molar-refractivity contribution in [3.63, 3.8) is 0 Å². The van der Waals surface area contributed by atoms with Gasteiger partial charge >= 0.3 is 0 Å². The maximum atomic E-state index is 14.2. The number of aromatic nitrogens is 2. The van der Waals surface area contributed by atoms with Gasteiger partial charge in [0, 0.05) is 31.1 Å². The zero-order chi connectivity index (χ0) is 24.2. The molecule has 0 bridgehead atoms. The number of fused-ring (bicyclic) bond motifs is 2. The fraction of sp³-hybridized carbons (Fsp3) is 0.290. The van der Waals surface area contributed by atoms with Gasteiger partial charge in [0.25, 0.3) is 0 Å². The van der Waals surface area contributed by atoms with Crippen molar-refractivity contribution in [2.24, 2.45) is 11.8 Å². The number of amides is 1. The van der Waals surface area contributed by atoms with Crippen molar-refractivity contribution >= 4 is 23.0 Å². The molecule has 2 heterocycles. The highest BCUT2D eigenvalue weighted by Crippen LogP contribution is 2.35. The first-order chi connectivity index (χ1) is 17.6. The molecule has 0 spiro atoms. The van der Waals surface area contributed by atoms with Gasteiger partial charge in [0.2, 0.25) is 5.91 Å². The maximum Gasteiger partial charge on any atom is 0.225 e. The number of nitrogens with zero attached hydrogens (tertiary/aromatic N) is 3. The number of hydrogen-bond donors (Lipinski definition) is 0. The van der Waals surface area contributed by atoms with Crippen LogP contribution in [0.2, 0.25) is 0 Å². The second-order valence-corrected chi connectivity index (χ2v) is 10.5. The van der Waals surface area contributed by atoms with Crippen LogP contribution in [0, 0.1) is 17.7 Å². The van der Waals surface area contributed by atoms with E-state index in [0.29, 0.717) is 11.8 Å². The Labute approximate surface area is 210 Å². The van der Waals surface area contributed by atoms with Crippen molar-refractivity contribution in [3.05, 3.63) is 83.7 Å². The molecule has 1 saturated heterocycles. The summed E-state index contributed by atoms with van der Waals surface area (Å²) in [6.45, 7) is 2.32. The number of hydrogen-bond acceptors (Lipinski definition) is 2. The smallest absolute Gasteiger partial charge is 0.225 e. The Morgan fingerprint density at radius 3 is 2.58 bits per heavy atom. The number of benzene rings is 3. The SMILES string of the molecule is O=C(C1CC1)N1CC[C@@H](Cn2c(-c3ccc(-c4ccc5c(c4)C=CC5)cc3)nc3ccc(F)cc32)C1. The van der Waals surface area contributed by atoms with E-state index in [1.54, 1.807) is 12.1 Å². The van der Waals surface area contributed by atoms with E-state index in [1.807, 2.05) is 4.90 Å². The summed E-state index contributed by atoms with van der Waals surface area (Å²) in [5.74, 6) is 1.50. The van der Waals surface area contributed by atoms with Crippen LogP contribution in [0.3, 0.4) is 0 Å². The summed E-state index contributed by atoms with van der Waals surface area (Å²) in [5.41, 5.74) is 7.66. The average molecular weight is 478 g/mol.